The molecule has 1 aliphatic heterocycles. The Balaban J connectivity index is 1.97. The largest absolute Gasteiger partial charge is 0.468 e. The molecule has 2 heterocycles. The maximum atomic E-state index is 12.1. The van der Waals surface area contributed by atoms with Crippen molar-refractivity contribution in [1.82, 2.24) is 4.90 Å². The average Bonchev–Trinajstić information content (AvgIpc) is 2.73. The molecule has 1 fully saturated rings. The molecule has 2 atom stereocenters. The van der Waals surface area contributed by atoms with Gasteiger partial charge in [0.1, 0.15) is 17.6 Å². The van der Waals surface area contributed by atoms with E-state index in [2.05, 4.69) is 22.9 Å². The van der Waals surface area contributed by atoms with Crippen LogP contribution in [-0.2, 0) is 4.74 Å². The smallest absolute Gasteiger partial charge is 0.410 e. The van der Waals surface area contributed by atoms with Crippen molar-refractivity contribution in [2.75, 3.05) is 13.1 Å². The minimum atomic E-state index is -0.441. The molecule has 0 spiro atoms. The molecule has 1 saturated heterocycles. The van der Waals surface area contributed by atoms with E-state index < -0.39 is 5.60 Å². The van der Waals surface area contributed by atoms with Crippen molar-refractivity contribution < 1.29 is 13.9 Å². The van der Waals surface area contributed by atoms with Crippen molar-refractivity contribution in [3.05, 3.63) is 22.6 Å². The molecule has 0 saturated carbocycles. The van der Waals surface area contributed by atoms with E-state index in [-0.39, 0.29) is 6.09 Å². The van der Waals surface area contributed by atoms with Crippen LogP contribution in [0, 0.1) is 5.92 Å². The Labute approximate surface area is 128 Å². The molecule has 112 valence electrons. The van der Waals surface area contributed by atoms with E-state index in [1.54, 1.807) is 11.2 Å². The topological polar surface area (TPSA) is 42.7 Å². The highest BCUT2D eigenvalue weighted by molar-refractivity contribution is 9.10. The molecule has 5 heteroatoms. The number of nitrogens with zero attached hydrogens (tertiary/aromatic N) is 1. The number of carbonyl (C=O) groups excluding carboxylic acids is 1. The fourth-order valence-corrected chi connectivity index (χ4v) is 2.90. The third-order valence-electron chi connectivity index (χ3n) is 3.51. The number of likely N-dealkylation sites (tertiary alicyclic amines) is 1. The predicted molar refractivity (Wildman–Crippen MR) is 80.7 cm³/mol. The Hall–Kier alpha value is -0.970. The van der Waals surface area contributed by atoms with Gasteiger partial charge in [-0.1, -0.05) is 6.92 Å². The van der Waals surface area contributed by atoms with Crippen LogP contribution < -0.4 is 0 Å². The zero-order valence-corrected chi connectivity index (χ0v) is 14.1. The summed E-state index contributed by atoms with van der Waals surface area (Å²) in [6, 6.07) is 2.02. The van der Waals surface area contributed by atoms with E-state index in [0.29, 0.717) is 24.9 Å². The normalized spacial score (nSPS) is 23.8. The first-order chi connectivity index (χ1) is 9.26. The number of piperidine rings is 1. The lowest BCUT2D eigenvalue weighted by atomic mass is 9.85. The number of carbonyl (C=O) groups is 1. The van der Waals surface area contributed by atoms with Crippen LogP contribution in [0.15, 0.2) is 21.2 Å². The quantitative estimate of drug-likeness (QED) is 0.758. The summed E-state index contributed by atoms with van der Waals surface area (Å²) in [5.41, 5.74) is -0.441. The number of hydrogen-bond acceptors (Lipinski definition) is 3. The summed E-state index contributed by atoms with van der Waals surface area (Å²) in [4.78, 5) is 13.9. The Morgan fingerprint density at radius 1 is 1.50 bits per heavy atom. The second kappa shape index (κ2) is 5.80. The molecule has 0 aromatic carbocycles. The van der Waals surface area contributed by atoms with Crippen LogP contribution in [0.3, 0.4) is 0 Å². The number of rotatable bonds is 1. The second-order valence-corrected chi connectivity index (χ2v) is 7.38. The molecule has 0 N–H and O–H groups in total. The minimum absolute atomic E-state index is 0.219. The highest BCUT2D eigenvalue weighted by Gasteiger charge is 2.33. The van der Waals surface area contributed by atoms with Crippen LogP contribution in [0.5, 0.6) is 0 Å². The second-order valence-electron chi connectivity index (χ2n) is 6.47. The summed E-state index contributed by atoms with van der Waals surface area (Å²) in [5, 5.41) is 0. The van der Waals surface area contributed by atoms with Crippen molar-refractivity contribution in [1.29, 1.82) is 0 Å². The minimum Gasteiger partial charge on any atom is -0.468 e. The van der Waals surface area contributed by atoms with Gasteiger partial charge in [-0.05, 0) is 55.1 Å². The van der Waals surface area contributed by atoms with Crippen LogP contribution in [0.1, 0.15) is 45.8 Å². The van der Waals surface area contributed by atoms with Crippen LogP contribution in [0.2, 0.25) is 0 Å². The first-order valence-corrected chi connectivity index (χ1v) is 7.77. The third kappa shape index (κ3) is 3.78. The molecule has 20 heavy (non-hydrogen) atoms. The molecule has 0 aliphatic carbocycles. The number of ether oxygens (including phenoxy) is 1. The van der Waals surface area contributed by atoms with Gasteiger partial charge in [0.2, 0.25) is 0 Å². The fraction of sp³-hybridized carbons (Fsp3) is 0.667. The highest BCUT2D eigenvalue weighted by Crippen LogP contribution is 2.35. The Morgan fingerprint density at radius 2 is 2.20 bits per heavy atom. The van der Waals surface area contributed by atoms with E-state index >= 15 is 0 Å². The number of furan rings is 1. The van der Waals surface area contributed by atoms with Crippen LogP contribution >= 0.6 is 15.9 Å². The van der Waals surface area contributed by atoms with E-state index in [0.717, 1.165) is 16.7 Å². The summed E-state index contributed by atoms with van der Waals surface area (Å²) >= 11 is 3.41. The maximum absolute atomic E-state index is 12.1. The monoisotopic (exact) mass is 343 g/mol. The molecule has 1 aromatic rings. The van der Waals surface area contributed by atoms with Gasteiger partial charge in [-0.2, -0.15) is 0 Å². The lowest BCUT2D eigenvalue weighted by molar-refractivity contribution is 0.0147. The zero-order valence-electron chi connectivity index (χ0n) is 12.5. The molecule has 2 unspecified atom stereocenters. The van der Waals surface area contributed by atoms with Gasteiger partial charge in [-0.25, -0.2) is 4.79 Å². The van der Waals surface area contributed by atoms with Crippen molar-refractivity contribution in [2.45, 2.75) is 45.6 Å². The maximum Gasteiger partial charge on any atom is 0.410 e. The van der Waals surface area contributed by atoms with Gasteiger partial charge in [-0.3, -0.25) is 0 Å². The molecule has 0 bridgehead atoms. The van der Waals surface area contributed by atoms with Gasteiger partial charge in [0.05, 0.1) is 4.47 Å². The van der Waals surface area contributed by atoms with Crippen LogP contribution in [0.4, 0.5) is 4.79 Å². The highest BCUT2D eigenvalue weighted by atomic mass is 79.9. The fourth-order valence-electron chi connectivity index (χ4n) is 2.58. The number of amides is 1. The van der Waals surface area contributed by atoms with E-state index in [1.807, 2.05) is 26.8 Å². The lowest BCUT2D eigenvalue weighted by Crippen LogP contribution is -2.44. The van der Waals surface area contributed by atoms with Crippen molar-refractivity contribution in [3.8, 4) is 0 Å². The summed E-state index contributed by atoms with van der Waals surface area (Å²) in [5.74, 6) is 1.71. The lowest BCUT2D eigenvalue weighted by Gasteiger charge is -2.36. The zero-order chi connectivity index (χ0) is 14.9. The summed E-state index contributed by atoms with van der Waals surface area (Å²) < 4.78 is 12.0. The Bertz CT molecular complexity index is 478. The SMILES string of the molecule is CC1CN(C(=O)OC(C)(C)C)CCC1c1cc(Br)co1. The Kier molecular flexibility index (Phi) is 4.47. The van der Waals surface area contributed by atoms with Crippen molar-refractivity contribution >= 4 is 22.0 Å². The first-order valence-electron chi connectivity index (χ1n) is 6.98. The molecular weight excluding hydrogens is 322 g/mol. The molecule has 1 amide bonds. The molecule has 1 aromatic heterocycles. The standard InChI is InChI=1S/C15H22BrNO3/c1-10-8-17(14(18)20-15(2,3)4)6-5-12(10)13-7-11(16)9-19-13/h7,9-10,12H,5-6,8H2,1-4H3. The third-order valence-corrected chi connectivity index (χ3v) is 3.93. The van der Waals surface area contributed by atoms with E-state index in [4.69, 9.17) is 9.15 Å². The molecule has 0 radical (unpaired) electrons. The van der Waals surface area contributed by atoms with Crippen LogP contribution in [0.25, 0.3) is 0 Å². The van der Waals surface area contributed by atoms with Gasteiger partial charge in [0.25, 0.3) is 0 Å². The predicted octanol–water partition coefficient (Wildman–Crippen LogP) is 4.40. The van der Waals surface area contributed by atoms with E-state index in [1.165, 1.54) is 0 Å². The van der Waals surface area contributed by atoms with Crippen LogP contribution in [-0.4, -0.2) is 29.7 Å². The number of hydrogen-bond donors (Lipinski definition) is 0. The van der Waals surface area contributed by atoms with Gasteiger partial charge in [0, 0.05) is 19.0 Å². The van der Waals surface area contributed by atoms with E-state index in [9.17, 15) is 4.79 Å². The Morgan fingerprint density at radius 3 is 2.70 bits per heavy atom. The average molecular weight is 344 g/mol. The molecule has 2 rings (SSSR count). The summed E-state index contributed by atoms with van der Waals surface area (Å²) in [6.45, 7) is 9.24. The molecule has 4 nitrogen and oxygen atoms in total. The number of halogens is 1. The van der Waals surface area contributed by atoms with Gasteiger partial charge < -0.3 is 14.1 Å². The van der Waals surface area contributed by atoms with Crippen molar-refractivity contribution in [3.63, 3.8) is 0 Å². The molecule has 1 aliphatic rings. The summed E-state index contributed by atoms with van der Waals surface area (Å²) in [6.07, 6.45) is 2.39. The van der Waals surface area contributed by atoms with Crippen molar-refractivity contribution in [2.24, 2.45) is 5.92 Å². The van der Waals surface area contributed by atoms with Gasteiger partial charge in [0.15, 0.2) is 0 Å². The molecular formula is C15H22BrNO3. The first kappa shape index (κ1) is 15.4. The summed E-state index contributed by atoms with van der Waals surface area (Å²) in [7, 11) is 0. The van der Waals surface area contributed by atoms with Gasteiger partial charge >= 0.3 is 6.09 Å². The van der Waals surface area contributed by atoms with Gasteiger partial charge in [-0.15, -0.1) is 0 Å².